The maximum atomic E-state index is 14.2. The van der Waals surface area contributed by atoms with Crippen molar-refractivity contribution >= 4 is 35.8 Å². The van der Waals surface area contributed by atoms with Crippen molar-refractivity contribution in [3.05, 3.63) is 12.2 Å². The molecular weight excluding hydrogens is 546 g/mol. The summed E-state index contributed by atoms with van der Waals surface area (Å²) in [5, 5.41) is 2.61. The van der Waals surface area contributed by atoms with Crippen molar-refractivity contribution in [2.75, 3.05) is 13.2 Å². The van der Waals surface area contributed by atoms with E-state index < -0.39 is 71.0 Å². The highest BCUT2D eigenvalue weighted by Gasteiger charge is 2.49. The van der Waals surface area contributed by atoms with Crippen molar-refractivity contribution in [3.8, 4) is 0 Å². The quantitative estimate of drug-likeness (QED) is 0.292. The zero-order chi connectivity index (χ0) is 31.8. The lowest BCUT2D eigenvalue weighted by Gasteiger charge is -2.36. The molecule has 12 heteroatoms. The number of hydrogen-bond donors (Lipinski definition) is 1. The summed E-state index contributed by atoms with van der Waals surface area (Å²) in [5.74, 6) is -3.46. The molecule has 0 aromatic rings. The predicted octanol–water partition coefficient (Wildman–Crippen LogP) is 3.90. The van der Waals surface area contributed by atoms with Crippen LogP contribution >= 0.6 is 0 Å². The number of ketones is 1. The number of carbonyl (C=O) groups excluding carboxylic acids is 6. The van der Waals surface area contributed by atoms with Crippen LogP contribution in [0.1, 0.15) is 93.9 Å². The second-order valence-electron chi connectivity index (χ2n) is 12.7. The van der Waals surface area contributed by atoms with Crippen LogP contribution in [0.2, 0.25) is 0 Å². The van der Waals surface area contributed by atoms with E-state index in [0.29, 0.717) is 17.7 Å². The molecule has 236 valence electrons. The third-order valence-electron chi connectivity index (χ3n) is 6.64. The number of alkyl carbamates (subject to hydrolysis) is 1. The number of imide groups is 1. The summed E-state index contributed by atoms with van der Waals surface area (Å²) < 4.78 is 16.2. The van der Waals surface area contributed by atoms with Crippen LogP contribution in [0.15, 0.2) is 12.2 Å². The average molecular weight is 594 g/mol. The van der Waals surface area contributed by atoms with Gasteiger partial charge in [0.15, 0.2) is 5.78 Å². The number of amides is 4. The van der Waals surface area contributed by atoms with E-state index in [9.17, 15) is 28.8 Å². The fourth-order valence-electron chi connectivity index (χ4n) is 4.85. The Morgan fingerprint density at radius 3 is 2.19 bits per heavy atom. The molecule has 0 saturated carbocycles. The Balaban J connectivity index is 2.61. The number of carbonyl (C=O) groups is 6. The number of ether oxygens (including phenoxy) is 3. The number of hydrogen-bond acceptors (Lipinski definition) is 9. The standard InChI is InChI=1S/C30H47N3O9/c1-9-40-26(37)23-19(2)15-13-11-10-12-14-16-21(31-27(38)41-29(3,4)5)24(35)32-18-20(34)17-22(32)25(36)33(23)28(39)42-30(6,7)8/h13,15,19,21-23H,9-12,14,16-18H2,1-8H3,(H,31,38)/b15-13-/t19-,21-,22-,23?/m0/s1. The third-order valence-corrected chi connectivity index (χ3v) is 6.64. The molecule has 42 heavy (non-hydrogen) atoms. The Hall–Kier alpha value is -3.44. The molecule has 12 nitrogen and oxygen atoms in total. The Morgan fingerprint density at radius 2 is 1.60 bits per heavy atom. The Labute approximate surface area is 248 Å². The van der Waals surface area contributed by atoms with Crippen molar-refractivity contribution in [2.24, 2.45) is 5.92 Å². The van der Waals surface area contributed by atoms with Crippen molar-refractivity contribution in [2.45, 2.75) is 123 Å². The van der Waals surface area contributed by atoms with Gasteiger partial charge in [-0.2, -0.15) is 0 Å². The van der Waals surface area contributed by atoms with E-state index in [-0.39, 0.29) is 26.0 Å². The molecule has 2 aliphatic heterocycles. The average Bonchev–Trinajstić information content (AvgIpc) is 3.23. The van der Waals surface area contributed by atoms with Gasteiger partial charge in [0.2, 0.25) is 5.91 Å². The van der Waals surface area contributed by atoms with E-state index in [0.717, 1.165) is 17.7 Å². The normalized spacial score (nSPS) is 25.6. The summed E-state index contributed by atoms with van der Waals surface area (Å²) in [6.07, 6.45) is 4.38. The van der Waals surface area contributed by atoms with Gasteiger partial charge in [0.05, 0.1) is 13.2 Å². The van der Waals surface area contributed by atoms with Crippen LogP contribution in [0.3, 0.4) is 0 Å². The lowest BCUT2D eigenvalue weighted by molar-refractivity contribution is -0.158. The second-order valence-corrected chi connectivity index (χ2v) is 12.7. The highest BCUT2D eigenvalue weighted by atomic mass is 16.6. The minimum absolute atomic E-state index is 0.00660. The molecule has 2 aliphatic rings. The van der Waals surface area contributed by atoms with Gasteiger partial charge in [-0.1, -0.05) is 31.9 Å². The first-order valence-electron chi connectivity index (χ1n) is 14.7. The molecule has 0 aliphatic carbocycles. The first-order chi connectivity index (χ1) is 19.4. The van der Waals surface area contributed by atoms with Gasteiger partial charge in [-0.25, -0.2) is 19.3 Å². The van der Waals surface area contributed by atoms with E-state index in [2.05, 4.69) is 5.32 Å². The Morgan fingerprint density at radius 1 is 0.952 bits per heavy atom. The highest BCUT2D eigenvalue weighted by Crippen LogP contribution is 2.26. The molecular formula is C30H47N3O9. The minimum Gasteiger partial charge on any atom is -0.464 e. The molecule has 4 amide bonds. The van der Waals surface area contributed by atoms with Gasteiger partial charge in [-0.3, -0.25) is 14.4 Å². The minimum atomic E-state index is -1.41. The first-order valence-corrected chi connectivity index (χ1v) is 14.7. The third kappa shape index (κ3) is 10.1. The number of nitrogens with one attached hydrogen (secondary N) is 1. The number of esters is 1. The smallest absolute Gasteiger partial charge is 0.417 e. The maximum absolute atomic E-state index is 14.2. The van der Waals surface area contributed by atoms with Gasteiger partial charge >= 0.3 is 18.2 Å². The zero-order valence-corrected chi connectivity index (χ0v) is 26.2. The molecule has 1 unspecified atom stereocenters. The molecule has 2 rings (SSSR count). The summed E-state index contributed by atoms with van der Waals surface area (Å²) in [5.41, 5.74) is -1.83. The molecule has 1 saturated heterocycles. The number of rotatable bonds is 3. The highest BCUT2D eigenvalue weighted by molar-refractivity contribution is 6.05. The molecule has 0 spiro atoms. The van der Waals surface area contributed by atoms with Crippen molar-refractivity contribution in [1.82, 2.24) is 15.1 Å². The van der Waals surface area contributed by atoms with Crippen molar-refractivity contribution < 1.29 is 43.0 Å². The van der Waals surface area contributed by atoms with Crippen LogP contribution in [0.4, 0.5) is 9.59 Å². The second kappa shape index (κ2) is 14.6. The van der Waals surface area contributed by atoms with E-state index in [1.54, 1.807) is 61.5 Å². The molecule has 1 fully saturated rings. The summed E-state index contributed by atoms with van der Waals surface area (Å²) in [6.45, 7) is 12.9. The van der Waals surface area contributed by atoms with E-state index >= 15 is 0 Å². The molecule has 1 N–H and O–H groups in total. The van der Waals surface area contributed by atoms with Crippen LogP contribution < -0.4 is 5.32 Å². The summed E-state index contributed by atoms with van der Waals surface area (Å²) in [7, 11) is 0. The Bertz CT molecular complexity index is 1060. The number of allylic oxidation sites excluding steroid dienone is 1. The SMILES string of the molecule is CCOC(=O)C1[C@@H](C)/C=C\CCCCC[C@H](NC(=O)OC(C)(C)C)C(=O)N2CC(=O)C[C@H]2C(=O)N1C(=O)OC(C)(C)C. The molecule has 0 aromatic carbocycles. The van der Waals surface area contributed by atoms with Gasteiger partial charge in [0, 0.05) is 12.3 Å². The number of Topliss-reactive ketones (excluding diaryl/α,β-unsaturated/α-hetero) is 1. The predicted molar refractivity (Wildman–Crippen MR) is 153 cm³/mol. The van der Waals surface area contributed by atoms with E-state index in [1.807, 2.05) is 6.08 Å². The Kier molecular flexibility index (Phi) is 12.1. The molecule has 2 heterocycles. The zero-order valence-electron chi connectivity index (χ0n) is 26.2. The van der Waals surface area contributed by atoms with Gasteiger partial charge in [-0.15, -0.1) is 0 Å². The van der Waals surface area contributed by atoms with Gasteiger partial charge < -0.3 is 24.4 Å². The van der Waals surface area contributed by atoms with Crippen molar-refractivity contribution in [3.63, 3.8) is 0 Å². The monoisotopic (exact) mass is 593 g/mol. The lowest BCUT2D eigenvalue weighted by Crippen LogP contribution is -2.60. The van der Waals surface area contributed by atoms with Crippen LogP contribution in [-0.4, -0.2) is 88.0 Å². The molecule has 4 atom stereocenters. The largest absolute Gasteiger partial charge is 0.464 e. The summed E-state index contributed by atoms with van der Waals surface area (Å²) in [4.78, 5) is 82.0. The number of nitrogens with zero attached hydrogens (tertiary/aromatic N) is 2. The summed E-state index contributed by atoms with van der Waals surface area (Å²) >= 11 is 0. The lowest BCUT2D eigenvalue weighted by atomic mass is 9.98. The van der Waals surface area contributed by atoms with Crippen LogP contribution in [-0.2, 0) is 33.4 Å². The molecule has 0 aromatic heterocycles. The molecule has 0 radical (unpaired) electrons. The topological polar surface area (TPSA) is 149 Å². The van der Waals surface area contributed by atoms with Gasteiger partial charge in [0.1, 0.15) is 29.3 Å². The van der Waals surface area contributed by atoms with Crippen LogP contribution in [0, 0.1) is 5.92 Å². The van der Waals surface area contributed by atoms with E-state index in [1.165, 1.54) is 0 Å². The van der Waals surface area contributed by atoms with Gasteiger partial charge in [0.25, 0.3) is 5.91 Å². The first kappa shape index (κ1) is 34.8. The fourth-order valence-corrected chi connectivity index (χ4v) is 4.85. The number of fused-ring (bicyclic) bond motifs is 1. The maximum Gasteiger partial charge on any atom is 0.417 e. The summed E-state index contributed by atoms with van der Waals surface area (Å²) in [6, 6.07) is -3.87. The van der Waals surface area contributed by atoms with Crippen molar-refractivity contribution in [1.29, 1.82) is 0 Å². The van der Waals surface area contributed by atoms with Crippen LogP contribution in [0.5, 0.6) is 0 Å². The fraction of sp³-hybridized carbons (Fsp3) is 0.733. The molecule has 0 bridgehead atoms. The van der Waals surface area contributed by atoms with Crippen LogP contribution in [0.25, 0.3) is 0 Å². The van der Waals surface area contributed by atoms with Gasteiger partial charge in [-0.05, 0) is 67.7 Å². The van der Waals surface area contributed by atoms with E-state index in [4.69, 9.17) is 14.2 Å².